The zero-order chi connectivity index (χ0) is 15.5. The lowest BCUT2D eigenvalue weighted by atomic mass is 10.3. The molecule has 0 amide bonds. The Morgan fingerprint density at radius 2 is 2.10 bits per heavy atom. The van der Waals surface area contributed by atoms with E-state index in [4.69, 9.17) is 10.5 Å². The van der Waals surface area contributed by atoms with Crippen molar-refractivity contribution in [3.8, 4) is 5.88 Å². The zero-order valence-electron chi connectivity index (χ0n) is 11.2. The van der Waals surface area contributed by atoms with Gasteiger partial charge in [0.1, 0.15) is 10.7 Å². The number of methoxy groups -OCH3 is 1. The number of rotatable bonds is 5. The number of nitrogens with two attached hydrogens (primary N) is 1. The van der Waals surface area contributed by atoms with E-state index in [2.05, 4.69) is 9.71 Å². The maximum absolute atomic E-state index is 12.9. The van der Waals surface area contributed by atoms with Crippen molar-refractivity contribution >= 4 is 15.7 Å². The molecule has 112 valence electrons. The molecule has 0 atom stereocenters. The molecule has 0 radical (unpaired) electrons. The van der Waals surface area contributed by atoms with E-state index in [1.165, 1.54) is 13.3 Å². The minimum Gasteiger partial charge on any atom is -0.481 e. The molecular weight excluding hydrogens is 297 g/mol. The summed E-state index contributed by atoms with van der Waals surface area (Å²) in [6, 6.07) is 6.43. The Balaban J connectivity index is 2.13. The summed E-state index contributed by atoms with van der Waals surface area (Å²) in [7, 11) is -2.33. The number of ether oxygens (including phenoxy) is 1. The first-order valence-corrected chi connectivity index (χ1v) is 7.44. The Morgan fingerprint density at radius 1 is 1.33 bits per heavy atom. The van der Waals surface area contributed by atoms with Crippen molar-refractivity contribution < 1.29 is 17.5 Å². The number of nitrogen functional groups attached to an aromatic ring is 1. The highest BCUT2D eigenvalue weighted by atomic mass is 32.2. The van der Waals surface area contributed by atoms with E-state index in [-0.39, 0.29) is 17.1 Å². The minimum absolute atomic E-state index is 0.0378. The van der Waals surface area contributed by atoms with Gasteiger partial charge in [-0.3, -0.25) is 0 Å². The third-order valence-corrected chi connectivity index (χ3v) is 4.21. The van der Waals surface area contributed by atoms with Gasteiger partial charge in [0.15, 0.2) is 0 Å². The van der Waals surface area contributed by atoms with Gasteiger partial charge < -0.3 is 10.5 Å². The Hall–Kier alpha value is -2.19. The molecule has 0 aliphatic rings. The number of sulfonamides is 1. The van der Waals surface area contributed by atoms with Crippen molar-refractivity contribution in [3.63, 3.8) is 0 Å². The van der Waals surface area contributed by atoms with E-state index in [1.807, 2.05) is 0 Å². The molecule has 0 fully saturated rings. The van der Waals surface area contributed by atoms with Gasteiger partial charge in [-0.2, -0.15) is 0 Å². The summed E-state index contributed by atoms with van der Waals surface area (Å²) >= 11 is 0. The molecule has 6 nitrogen and oxygen atoms in total. The molecule has 0 bridgehead atoms. The summed E-state index contributed by atoms with van der Waals surface area (Å²) in [5.74, 6) is -0.157. The van der Waals surface area contributed by atoms with Gasteiger partial charge in [0.25, 0.3) is 0 Å². The normalized spacial score (nSPS) is 11.3. The summed E-state index contributed by atoms with van der Waals surface area (Å²) in [4.78, 5) is 3.81. The highest BCUT2D eigenvalue weighted by Crippen LogP contribution is 2.19. The van der Waals surface area contributed by atoms with Crippen LogP contribution < -0.4 is 15.2 Å². The fraction of sp³-hybridized carbons (Fsp3) is 0.154. The number of benzene rings is 1. The molecule has 0 saturated heterocycles. The van der Waals surface area contributed by atoms with E-state index >= 15 is 0 Å². The Kier molecular flexibility index (Phi) is 4.39. The van der Waals surface area contributed by atoms with Crippen molar-refractivity contribution in [2.45, 2.75) is 11.4 Å². The van der Waals surface area contributed by atoms with Crippen molar-refractivity contribution in [3.05, 3.63) is 47.9 Å². The molecule has 0 saturated carbocycles. The highest BCUT2D eigenvalue weighted by molar-refractivity contribution is 7.89. The van der Waals surface area contributed by atoms with Crippen LogP contribution in [0.3, 0.4) is 0 Å². The monoisotopic (exact) mass is 311 g/mol. The van der Waals surface area contributed by atoms with Crippen LogP contribution in [0.15, 0.2) is 41.4 Å². The van der Waals surface area contributed by atoms with Gasteiger partial charge in [0.2, 0.25) is 15.9 Å². The van der Waals surface area contributed by atoms with Gasteiger partial charge >= 0.3 is 0 Å². The van der Waals surface area contributed by atoms with Crippen LogP contribution in [0.4, 0.5) is 10.1 Å². The second-order valence-electron chi connectivity index (χ2n) is 4.22. The number of hydrogen-bond donors (Lipinski definition) is 2. The topological polar surface area (TPSA) is 94.3 Å². The molecule has 3 N–H and O–H groups in total. The van der Waals surface area contributed by atoms with Crippen LogP contribution in [0.1, 0.15) is 5.56 Å². The molecule has 1 aromatic carbocycles. The van der Waals surface area contributed by atoms with Gasteiger partial charge in [-0.15, -0.1) is 0 Å². The number of pyridine rings is 1. The lowest BCUT2D eigenvalue weighted by Crippen LogP contribution is -2.24. The molecular formula is C13H14FN3O3S. The third kappa shape index (κ3) is 3.67. The van der Waals surface area contributed by atoms with Crippen LogP contribution in [0.5, 0.6) is 5.88 Å². The fourth-order valence-corrected chi connectivity index (χ4v) is 2.78. The second-order valence-corrected chi connectivity index (χ2v) is 5.95. The number of nitrogens with zero attached hydrogens (tertiary/aromatic N) is 1. The highest BCUT2D eigenvalue weighted by Gasteiger charge is 2.17. The summed E-state index contributed by atoms with van der Waals surface area (Å²) in [5, 5.41) is 0. The van der Waals surface area contributed by atoms with Crippen molar-refractivity contribution in [1.82, 2.24) is 9.71 Å². The Morgan fingerprint density at radius 3 is 2.67 bits per heavy atom. The first-order chi connectivity index (χ1) is 9.92. The quantitative estimate of drug-likeness (QED) is 0.811. The van der Waals surface area contributed by atoms with E-state index in [9.17, 15) is 12.8 Å². The Bertz CT molecular complexity index is 733. The summed E-state index contributed by atoms with van der Waals surface area (Å²) in [6.45, 7) is 0.0378. The molecule has 0 aliphatic heterocycles. The SMILES string of the molecule is COc1ccc(CNS(=O)(=O)c2ccc(F)cc2N)cn1. The molecule has 1 aromatic heterocycles. The van der Waals surface area contributed by atoms with Gasteiger partial charge in [-0.1, -0.05) is 6.07 Å². The van der Waals surface area contributed by atoms with Crippen LogP contribution in [-0.4, -0.2) is 20.5 Å². The molecule has 21 heavy (non-hydrogen) atoms. The fourth-order valence-electron chi connectivity index (χ4n) is 1.66. The smallest absolute Gasteiger partial charge is 0.242 e. The molecule has 0 spiro atoms. The maximum atomic E-state index is 12.9. The number of halogens is 1. The van der Waals surface area contributed by atoms with Gasteiger partial charge in [0, 0.05) is 18.8 Å². The van der Waals surface area contributed by atoms with Crippen molar-refractivity contribution in [1.29, 1.82) is 0 Å². The number of aromatic nitrogens is 1. The van der Waals surface area contributed by atoms with Crippen LogP contribution >= 0.6 is 0 Å². The molecule has 8 heteroatoms. The van der Waals surface area contributed by atoms with E-state index < -0.39 is 15.8 Å². The average molecular weight is 311 g/mol. The second kappa shape index (κ2) is 6.06. The van der Waals surface area contributed by atoms with Crippen LogP contribution in [-0.2, 0) is 16.6 Å². The molecule has 0 aliphatic carbocycles. The predicted octanol–water partition coefficient (Wildman–Crippen LogP) is 1.29. The standard InChI is InChI=1S/C13H14FN3O3S/c1-20-13-5-2-9(7-16-13)8-17-21(18,19)12-4-3-10(14)6-11(12)15/h2-7,17H,8,15H2,1H3. The van der Waals surface area contributed by atoms with Gasteiger partial charge in [-0.05, 0) is 23.8 Å². The van der Waals surface area contributed by atoms with E-state index in [0.717, 1.165) is 18.2 Å². The lowest BCUT2D eigenvalue weighted by Gasteiger charge is -2.09. The largest absolute Gasteiger partial charge is 0.481 e. The predicted molar refractivity (Wildman–Crippen MR) is 75.6 cm³/mol. The maximum Gasteiger partial charge on any atom is 0.242 e. The zero-order valence-corrected chi connectivity index (χ0v) is 12.0. The van der Waals surface area contributed by atoms with E-state index in [0.29, 0.717) is 11.4 Å². The van der Waals surface area contributed by atoms with E-state index in [1.54, 1.807) is 12.1 Å². The van der Waals surface area contributed by atoms with Gasteiger partial charge in [-0.25, -0.2) is 22.5 Å². The summed E-state index contributed by atoms with van der Waals surface area (Å²) < 4.78 is 44.4. The Labute approximate surface area is 121 Å². The van der Waals surface area contributed by atoms with Crippen molar-refractivity contribution in [2.24, 2.45) is 0 Å². The molecule has 2 rings (SSSR count). The number of anilines is 1. The van der Waals surface area contributed by atoms with Crippen molar-refractivity contribution in [2.75, 3.05) is 12.8 Å². The van der Waals surface area contributed by atoms with Crippen LogP contribution in [0, 0.1) is 5.82 Å². The first-order valence-electron chi connectivity index (χ1n) is 5.96. The number of hydrogen-bond acceptors (Lipinski definition) is 5. The average Bonchev–Trinajstić information content (AvgIpc) is 2.45. The molecule has 1 heterocycles. The van der Waals surface area contributed by atoms with Crippen LogP contribution in [0.2, 0.25) is 0 Å². The lowest BCUT2D eigenvalue weighted by molar-refractivity contribution is 0.397. The summed E-state index contributed by atoms with van der Waals surface area (Å²) in [6.07, 6.45) is 1.50. The molecule has 0 unspecified atom stereocenters. The third-order valence-electron chi connectivity index (χ3n) is 2.73. The number of nitrogens with one attached hydrogen (secondary N) is 1. The summed E-state index contributed by atoms with van der Waals surface area (Å²) in [5.41, 5.74) is 6.04. The van der Waals surface area contributed by atoms with Gasteiger partial charge in [0.05, 0.1) is 12.8 Å². The van der Waals surface area contributed by atoms with Crippen LogP contribution in [0.25, 0.3) is 0 Å². The minimum atomic E-state index is -3.82. The first kappa shape index (κ1) is 15.2. The molecule has 2 aromatic rings.